The molecule has 0 aliphatic heterocycles. The quantitative estimate of drug-likeness (QED) is 0.517. The summed E-state index contributed by atoms with van der Waals surface area (Å²) in [5, 5.41) is 14.2. The third-order valence-corrected chi connectivity index (χ3v) is 4.32. The first-order chi connectivity index (χ1) is 13.0. The van der Waals surface area contributed by atoms with Crippen LogP contribution in [0.2, 0.25) is 0 Å². The van der Waals surface area contributed by atoms with Crippen LogP contribution in [0, 0.1) is 17.0 Å². The van der Waals surface area contributed by atoms with E-state index in [2.05, 4.69) is 5.32 Å². The van der Waals surface area contributed by atoms with Gasteiger partial charge in [0.05, 0.1) is 16.3 Å². The number of benzene rings is 3. The first-order valence-corrected chi connectivity index (χ1v) is 8.42. The number of nitrogens with one attached hydrogen (secondary N) is 1. The van der Waals surface area contributed by atoms with E-state index in [0.29, 0.717) is 11.3 Å². The lowest BCUT2D eigenvalue weighted by Gasteiger charge is -2.22. The van der Waals surface area contributed by atoms with Crippen LogP contribution < -0.4 is 10.2 Å². The molecule has 0 radical (unpaired) electrons. The van der Waals surface area contributed by atoms with Gasteiger partial charge in [-0.3, -0.25) is 14.9 Å². The van der Waals surface area contributed by atoms with Crippen molar-refractivity contribution in [2.75, 3.05) is 17.3 Å². The average molecular weight is 361 g/mol. The highest BCUT2D eigenvalue weighted by molar-refractivity contribution is 6.09. The van der Waals surface area contributed by atoms with Crippen LogP contribution in [0.5, 0.6) is 0 Å². The van der Waals surface area contributed by atoms with Crippen molar-refractivity contribution in [2.45, 2.75) is 6.92 Å². The van der Waals surface area contributed by atoms with Gasteiger partial charge in [-0.25, -0.2) is 0 Å². The van der Waals surface area contributed by atoms with E-state index in [0.717, 1.165) is 11.4 Å². The molecule has 136 valence electrons. The maximum atomic E-state index is 12.8. The molecule has 0 aliphatic rings. The van der Waals surface area contributed by atoms with E-state index in [9.17, 15) is 14.9 Å². The Hall–Kier alpha value is -3.67. The zero-order chi connectivity index (χ0) is 19.4. The monoisotopic (exact) mass is 361 g/mol. The van der Waals surface area contributed by atoms with E-state index in [1.807, 2.05) is 60.5 Å². The number of amides is 1. The summed E-state index contributed by atoms with van der Waals surface area (Å²) in [4.78, 5) is 25.6. The number of rotatable bonds is 5. The second-order valence-electron chi connectivity index (χ2n) is 6.09. The summed E-state index contributed by atoms with van der Waals surface area (Å²) < 4.78 is 0. The Balaban J connectivity index is 1.95. The Kier molecular flexibility index (Phi) is 5.17. The summed E-state index contributed by atoms with van der Waals surface area (Å²) in [6.07, 6.45) is 0. The van der Waals surface area contributed by atoms with Gasteiger partial charge in [0.15, 0.2) is 0 Å². The van der Waals surface area contributed by atoms with Crippen molar-refractivity contribution in [1.82, 2.24) is 0 Å². The van der Waals surface area contributed by atoms with Gasteiger partial charge in [0.1, 0.15) is 5.56 Å². The molecule has 0 aliphatic carbocycles. The number of carbonyl (C=O) groups excluding carboxylic acids is 1. The standard InChI is InChI=1S/C21H19N3O3/c1-15-9-8-12-17(20(15)24(26)27)21(25)22-18-13-6-7-14-19(18)23(2)16-10-4-3-5-11-16/h3-14H,1-2H3,(H,22,25). The molecule has 0 aromatic heterocycles. The van der Waals surface area contributed by atoms with E-state index in [1.54, 1.807) is 25.1 Å². The van der Waals surface area contributed by atoms with Crippen LogP contribution in [-0.4, -0.2) is 17.9 Å². The fourth-order valence-electron chi connectivity index (χ4n) is 2.94. The van der Waals surface area contributed by atoms with E-state index in [1.165, 1.54) is 6.07 Å². The molecule has 3 rings (SSSR count). The maximum absolute atomic E-state index is 12.8. The molecule has 0 atom stereocenters. The second kappa shape index (κ2) is 7.70. The van der Waals surface area contributed by atoms with Crippen LogP contribution in [0.4, 0.5) is 22.7 Å². The average Bonchev–Trinajstić information content (AvgIpc) is 2.68. The van der Waals surface area contributed by atoms with Crippen LogP contribution in [-0.2, 0) is 0 Å². The molecular weight excluding hydrogens is 342 g/mol. The number of nitrogens with zero attached hydrogens (tertiary/aromatic N) is 2. The zero-order valence-corrected chi connectivity index (χ0v) is 15.0. The van der Waals surface area contributed by atoms with E-state index in [-0.39, 0.29) is 11.3 Å². The molecule has 0 heterocycles. The van der Waals surface area contributed by atoms with E-state index < -0.39 is 10.8 Å². The number of anilines is 3. The summed E-state index contributed by atoms with van der Waals surface area (Å²) in [7, 11) is 1.90. The predicted octanol–water partition coefficient (Wildman–Crippen LogP) is 4.92. The molecule has 0 saturated heterocycles. The van der Waals surface area contributed by atoms with Crippen LogP contribution in [0.25, 0.3) is 0 Å². The molecule has 3 aromatic rings. The van der Waals surface area contributed by atoms with Crippen molar-refractivity contribution in [3.8, 4) is 0 Å². The number of para-hydroxylation sites is 4. The summed E-state index contributed by atoms with van der Waals surface area (Å²) in [5.41, 5.74) is 2.63. The molecule has 0 bridgehead atoms. The minimum absolute atomic E-state index is 0.0390. The van der Waals surface area contributed by atoms with E-state index in [4.69, 9.17) is 0 Å². The van der Waals surface area contributed by atoms with Gasteiger partial charge >= 0.3 is 0 Å². The molecule has 27 heavy (non-hydrogen) atoms. The minimum atomic E-state index is -0.522. The van der Waals surface area contributed by atoms with Crippen LogP contribution in [0.15, 0.2) is 72.8 Å². The van der Waals surface area contributed by atoms with Gasteiger partial charge in [-0.15, -0.1) is 0 Å². The highest BCUT2D eigenvalue weighted by Crippen LogP contribution is 2.31. The normalized spacial score (nSPS) is 10.3. The third kappa shape index (κ3) is 3.79. The number of nitro benzene ring substituents is 1. The van der Waals surface area contributed by atoms with E-state index >= 15 is 0 Å². The molecule has 6 nitrogen and oxygen atoms in total. The fourth-order valence-corrected chi connectivity index (χ4v) is 2.94. The first-order valence-electron chi connectivity index (χ1n) is 8.42. The predicted molar refractivity (Wildman–Crippen MR) is 107 cm³/mol. The third-order valence-electron chi connectivity index (χ3n) is 4.32. The van der Waals surface area contributed by atoms with Gasteiger partial charge in [-0.1, -0.05) is 42.5 Å². The maximum Gasteiger partial charge on any atom is 0.285 e. The van der Waals surface area contributed by atoms with Crippen LogP contribution in [0.1, 0.15) is 15.9 Å². The van der Waals surface area contributed by atoms with Crippen LogP contribution >= 0.6 is 0 Å². The lowest BCUT2D eigenvalue weighted by atomic mass is 10.1. The highest BCUT2D eigenvalue weighted by Gasteiger charge is 2.23. The van der Waals surface area contributed by atoms with Gasteiger partial charge in [-0.2, -0.15) is 0 Å². The lowest BCUT2D eigenvalue weighted by Crippen LogP contribution is -2.18. The van der Waals surface area contributed by atoms with Gasteiger partial charge < -0.3 is 10.2 Å². The Morgan fingerprint density at radius 3 is 2.33 bits per heavy atom. The Morgan fingerprint density at radius 2 is 1.63 bits per heavy atom. The molecule has 3 aromatic carbocycles. The Morgan fingerprint density at radius 1 is 0.963 bits per heavy atom. The number of carbonyl (C=O) groups is 1. The molecule has 0 unspecified atom stereocenters. The molecule has 6 heteroatoms. The Labute approximate surface area is 157 Å². The van der Waals surface area contributed by atoms with Crippen molar-refractivity contribution >= 4 is 28.7 Å². The Bertz CT molecular complexity index is 987. The summed E-state index contributed by atoms with van der Waals surface area (Å²) >= 11 is 0. The van der Waals surface area contributed by atoms with Crippen LogP contribution in [0.3, 0.4) is 0 Å². The molecular formula is C21H19N3O3. The largest absolute Gasteiger partial charge is 0.343 e. The zero-order valence-electron chi connectivity index (χ0n) is 15.0. The molecule has 1 N–H and O–H groups in total. The molecule has 1 amide bonds. The molecule has 0 fully saturated rings. The number of nitro groups is 1. The van der Waals surface area contributed by atoms with Crippen molar-refractivity contribution in [3.05, 3.63) is 94.0 Å². The van der Waals surface area contributed by atoms with Gasteiger partial charge in [0.2, 0.25) is 0 Å². The number of hydrogen-bond acceptors (Lipinski definition) is 4. The summed E-state index contributed by atoms with van der Waals surface area (Å²) in [6, 6.07) is 21.8. The highest BCUT2D eigenvalue weighted by atomic mass is 16.6. The number of aryl methyl sites for hydroxylation is 1. The van der Waals surface area contributed by atoms with Crippen molar-refractivity contribution in [1.29, 1.82) is 0 Å². The lowest BCUT2D eigenvalue weighted by molar-refractivity contribution is -0.385. The molecule has 0 spiro atoms. The summed E-state index contributed by atoms with van der Waals surface area (Å²) in [6.45, 7) is 1.62. The van der Waals surface area contributed by atoms with Gasteiger partial charge in [0, 0.05) is 18.3 Å². The smallest absolute Gasteiger partial charge is 0.285 e. The van der Waals surface area contributed by atoms with Crippen molar-refractivity contribution in [3.63, 3.8) is 0 Å². The minimum Gasteiger partial charge on any atom is -0.343 e. The summed E-state index contributed by atoms with van der Waals surface area (Å²) in [5.74, 6) is -0.515. The second-order valence-corrected chi connectivity index (χ2v) is 6.09. The van der Waals surface area contributed by atoms with Crippen molar-refractivity contribution < 1.29 is 9.72 Å². The fraction of sp³-hybridized carbons (Fsp3) is 0.0952. The SMILES string of the molecule is Cc1cccc(C(=O)Nc2ccccc2N(C)c2ccccc2)c1[N+](=O)[O-]. The first kappa shape index (κ1) is 18.1. The van der Waals surface area contributed by atoms with Gasteiger partial charge in [0.25, 0.3) is 11.6 Å². The van der Waals surface area contributed by atoms with Crippen molar-refractivity contribution in [2.24, 2.45) is 0 Å². The molecule has 0 saturated carbocycles. The van der Waals surface area contributed by atoms with Gasteiger partial charge in [-0.05, 0) is 37.3 Å². The topological polar surface area (TPSA) is 75.5 Å². The number of hydrogen-bond donors (Lipinski definition) is 1.